The molecule has 1 aliphatic heterocycles. The maximum atomic E-state index is 3.73. The molecule has 2 aliphatic rings. The molecule has 1 N–H and O–H groups in total. The number of anilines is 1. The molecular weight excluding hydrogens is 226 g/mol. The Labute approximate surface area is 105 Å². The zero-order chi connectivity index (χ0) is 11.3. The lowest BCUT2D eigenvalue weighted by Gasteiger charge is -2.24. The summed E-state index contributed by atoms with van der Waals surface area (Å²) in [6.07, 6.45) is 2.37. The van der Waals surface area contributed by atoms with Crippen molar-refractivity contribution in [2.75, 3.05) is 5.32 Å². The van der Waals surface area contributed by atoms with Gasteiger partial charge in [0.05, 0.1) is 0 Å². The Morgan fingerprint density at radius 1 is 1.00 bits per heavy atom. The molecule has 2 heteroatoms. The molecule has 0 saturated carbocycles. The number of aryl methyl sites for hydroxylation is 1. The zero-order valence-electron chi connectivity index (χ0n) is 9.44. The highest BCUT2D eigenvalue weighted by Gasteiger charge is 2.43. The van der Waals surface area contributed by atoms with Crippen LogP contribution in [0.4, 0.5) is 5.69 Å². The van der Waals surface area contributed by atoms with Gasteiger partial charge in [0.15, 0.2) is 0 Å². The van der Waals surface area contributed by atoms with E-state index in [4.69, 9.17) is 0 Å². The average Bonchev–Trinajstić information content (AvgIpc) is 2.92. The normalized spacial score (nSPS) is 24.5. The predicted molar refractivity (Wildman–Crippen MR) is 72.4 cm³/mol. The van der Waals surface area contributed by atoms with Crippen LogP contribution >= 0.6 is 11.8 Å². The largest absolute Gasteiger partial charge is 0.366 e. The van der Waals surface area contributed by atoms with E-state index in [1.165, 1.54) is 34.6 Å². The van der Waals surface area contributed by atoms with Crippen LogP contribution in [0, 0.1) is 0 Å². The minimum Gasteiger partial charge on any atom is -0.366 e. The van der Waals surface area contributed by atoms with Gasteiger partial charge in [0, 0.05) is 10.6 Å². The maximum absolute atomic E-state index is 3.73. The number of hydrogen-bond donors (Lipinski definition) is 1. The second kappa shape index (κ2) is 3.30. The molecule has 1 heterocycles. The summed E-state index contributed by atoms with van der Waals surface area (Å²) < 4.78 is 0. The first-order valence-corrected chi connectivity index (χ1v) is 6.84. The van der Waals surface area contributed by atoms with E-state index in [-0.39, 0.29) is 4.87 Å². The van der Waals surface area contributed by atoms with Crippen LogP contribution in [-0.4, -0.2) is 0 Å². The summed E-state index contributed by atoms with van der Waals surface area (Å²) in [5, 5.41) is 3.73. The van der Waals surface area contributed by atoms with Crippen LogP contribution in [0.2, 0.25) is 0 Å². The number of rotatable bonds is 0. The third-order valence-corrected chi connectivity index (χ3v) is 5.16. The third kappa shape index (κ3) is 1.27. The van der Waals surface area contributed by atoms with Crippen molar-refractivity contribution < 1.29 is 0 Å². The number of benzene rings is 2. The highest BCUT2D eigenvalue weighted by atomic mass is 32.2. The lowest BCUT2D eigenvalue weighted by atomic mass is 10.1. The Kier molecular flexibility index (Phi) is 1.86. The molecular formula is C15H13NS. The first-order valence-electron chi connectivity index (χ1n) is 6.02. The van der Waals surface area contributed by atoms with Crippen LogP contribution in [0.25, 0.3) is 0 Å². The molecule has 4 rings (SSSR count). The van der Waals surface area contributed by atoms with Crippen molar-refractivity contribution in [2.45, 2.75) is 22.6 Å². The van der Waals surface area contributed by atoms with Crippen LogP contribution in [0.1, 0.15) is 17.5 Å². The highest BCUT2D eigenvalue weighted by molar-refractivity contribution is 8.00. The molecule has 2 aromatic carbocycles. The van der Waals surface area contributed by atoms with Crippen LogP contribution in [0.5, 0.6) is 0 Å². The minimum absolute atomic E-state index is 0.0975. The number of thioether (sulfide) groups is 1. The molecule has 1 atom stereocenters. The summed E-state index contributed by atoms with van der Waals surface area (Å²) in [6, 6.07) is 17.4. The third-order valence-electron chi connectivity index (χ3n) is 3.71. The Balaban J connectivity index is 1.84. The Hall–Kier alpha value is -1.41. The van der Waals surface area contributed by atoms with Crippen molar-refractivity contribution in [3.63, 3.8) is 0 Å². The first kappa shape index (κ1) is 9.60. The number of fused-ring (bicyclic) bond motifs is 3. The van der Waals surface area contributed by atoms with Gasteiger partial charge in [0.25, 0.3) is 0 Å². The van der Waals surface area contributed by atoms with Crippen molar-refractivity contribution >= 4 is 17.4 Å². The Morgan fingerprint density at radius 3 is 2.76 bits per heavy atom. The standard InChI is InChI=1S/C15H13NS/c1-2-6-12-11(5-1)9-10-15(12)16-13-7-3-4-8-14(13)17-15/h1-8,16H,9-10H2. The summed E-state index contributed by atoms with van der Waals surface area (Å²) in [6.45, 7) is 0. The predicted octanol–water partition coefficient (Wildman–Crippen LogP) is 4.00. The smallest absolute Gasteiger partial charge is 0.114 e. The quantitative estimate of drug-likeness (QED) is 0.745. The fraction of sp³-hybridized carbons (Fsp3) is 0.200. The summed E-state index contributed by atoms with van der Waals surface area (Å²) >= 11 is 1.98. The second-order valence-electron chi connectivity index (χ2n) is 4.71. The van der Waals surface area contributed by atoms with Gasteiger partial charge in [0.2, 0.25) is 0 Å². The van der Waals surface area contributed by atoms with Gasteiger partial charge in [-0.05, 0) is 36.1 Å². The molecule has 1 nitrogen and oxygen atoms in total. The number of hydrogen-bond acceptors (Lipinski definition) is 2. The van der Waals surface area contributed by atoms with Gasteiger partial charge in [-0.1, -0.05) is 48.2 Å². The molecule has 0 fully saturated rings. The number of nitrogens with one attached hydrogen (secondary N) is 1. The van der Waals surface area contributed by atoms with E-state index in [2.05, 4.69) is 53.8 Å². The molecule has 1 spiro atoms. The van der Waals surface area contributed by atoms with Gasteiger partial charge >= 0.3 is 0 Å². The molecule has 0 radical (unpaired) electrons. The van der Waals surface area contributed by atoms with Crippen LogP contribution in [0.15, 0.2) is 53.4 Å². The first-order chi connectivity index (χ1) is 8.37. The SMILES string of the molecule is c1ccc2c(c1)CCC21Nc2ccccc2S1. The summed E-state index contributed by atoms with van der Waals surface area (Å²) in [4.78, 5) is 1.48. The lowest BCUT2D eigenvalue weighted by Crippen LogP contribution is -2.24. The molecule has 17 heavy (non-hydrogen) atoms. The van der Waals surface area contributed by atoms with Gasteiger partial charge < -0.3 is 5.32 Å². The van der Waals surface area contributed by atoms with Crippen LogP contribution in [0.3, 0.4) is 0 Å². The highest BCUT2D eigenvalue weighted by Crippen LogP contribution is 2.56. The van der Waals surface area contributed by atoms with Gasteiger partial charge in [0.1, 0.15) is 4.87 Å². The average molecular weight is 239 g/mol. The molecule has 1 unspecified atom stereocenters. The zero-order valence-corrected chi connectivity index (χ0v) is 10.3. The summed E-state index contributed by atoms with van der Waals surface area (Å²) in [5.74, 6) is 0. The molecule has 0 bridgehead atoms. The molecule has 0 aromatic heterocycles. The minimum atomic E-state index is 0.0975. The van der Waals surface area contributed by atoms with Crippen molar-refractivity contribution in [1.82, 2.24) is 0 Å². The molecule has 1 aliphatic carbocycles. The van der Waals surface area contributed by atoms with Crippen molar-refractivity contribution in [2.24, 2.45) is 0 Å². The van der Waals surface area contributed by atoms with E-state index in [9.17, 15) is 0 Å². The van der Waals surface area contributed by atoms with Crippen molar-refractivity contribution in [3.05, 3.63) is 59.7 Å². The summed E-state index contributed by atoms with van der Waals surface area (Å²) in [7, 11) is 0. The van der Waals surface area contributed by atoms with E-state index in [0.29, 0.717) is 0 Å². The van der Waals surface area contributed by atoms with Crippen molar-refractivity contribution in [1.29, 1.82) is 0 Å². The summed E-state index contributed by atoms with van der Waals surface area (Å²) in [5.41, 5.74) is 4.26. The van der Waals surface area contributed by atoms with Crippen LogP contribution < -0.4 is 5.32 Å². The van der Waals surface area contributed by atoms with Gasteiger partial charge in [-0.2, -0.15) is 0 Å². The van der Waals surface area contributed by atoms with Crippen molar-refractivity contribution in [3.8, 4) is 0 Å². The van der Waals surface area contributed by atoms with E-state index in [0.717, 1.165) is 0 Å². The fourth-order valence-electron chi connectivity index (χ4n) is 2.90. The lowest BCUT2D eigenvalue weighted by molar-refractivity contribution is 0.707. The molecule has 0 saturated heterocycles. The van der Waals surface area contributed by atoms with E-state index in [1.807, 2.05) is 11.8 Å². The van der Waals surface area contributed by atoms with E-state index < -0.39 is 0 Å². The van der Waals surface area contributed by atoms with E-state index >= 15 is 0 Å². The van der Waals surface area contributed by atoms with Crippen LogP contribution in [-0.2, 0) is 11.3 Å². The van der Waals surface area contributed by atoms with E-state index in [1.54, 1.807) is 0 Å². The Bertz CT molecular complexity index is 566. The fourth-order valence-corrected chi connectivity index (χ4v) is 4.33. The topological polar surface area (TPSA) is 12.0 Å². The Morgan fingerprint density at radius 2 is 1.82 bits per heavy atom. The molecule has 2 aromatic rings. The molecule has 84 valence electrons. The molecule has 0 amide bonds. The van der Waals surface area contributed by atoms with Gasteiger partial charge in [-0.25, -0.2) is 0 Å². The van der Waals surface area contributed by atoms with Gasteiger partial charge in [-0.15, -0.1) is 0 Å². The second-order valence-corrected chi connectivity index (χ2v) is 6.05. The monoisotopic (exact) mass is 239 g/mol. The number of para-hydroxylation sites is 1. The maximum Gasteiger partial charge on any atom is 0.114 e. The van der Waals surface area contributed by atoms with Gasteiger partial charge in [-0.3, -0.25) is 0 Å².